The van der Waals surface area contributed by atoms with Crippen LogP contribution in [0, 0.1) is 5.21 Å². The highest BCUT2D eigenvalue weighted by atomic mass is 16.8. The molecule has 1 N–H and O–H groups in total. The predicted molar refractivity (Wildman–Crippen MR) is 85.1 cm³/mol. The quantitative estimate of drug-likeness (QED) is 0.874. The third-order valence-corrected chi connectivity index (χ3v) is 4.01. The monoisotopic (exact) mass is 316 g/mol. The minimum atomic E-state index is -0.446. The summed E-state index contributed by atoms with van der Waals surface area (Å²) in [6.45, 7) is 0.520. The number of nitrogens with zero attached hydrogens (tertiary/aromatic N) is 1. The molecule has 0 aromatic heterocycles. The molecule has 0 aliphatic carbocycles. The molecule has 1 atom stereocenters. The number of anilines is 1. The van der Waals surface area contributed by atoms with Crippen LogP contribution in [0.2, 0.25) is 0 Å². The fourth-order valence-corrected chi connectivity index (χ4v) is 2.91. The second-order valence-electron chi connectivity index (χ2n) is 5.24. The van der Waals surface area contributed by atoms with Crippen LogP contribution in [0.15, 0.2) is 36.4 Å². The predicted octanol–water partition coefficient (Wildman–Crippen LogP) is 3.06. The van der Waals surface area contributed by atoms with Gasteiger partial charge in [-0.15, -0.1) is 0 Å². The van der Waals surface area contributed by atoms with Crippen molar-refractivity contribution in [2.45, 2.75) is 12.5 Å². The molecular formula is C17H18NO5-. The SMILES string of the molecule is COc1cc2c(cc1OC)C(c1ccccc1N([O-])O)OCC2. The van der Waals surface area contributed by atoms with Crippen molar-refractivity contribution in [1.82, 2.24) is 0 Å². The van der Waals surface area contributed by atoms with E-state index in [9.17, 15) is 10.4 Å². The number of hydrogen-bond acceptors (Lipinski definition) is 6. The first-order chi connectivity index (χ1) is 11.2. The molecule has 0 radical (unpaired) electrons. The lowest BCUT2D eigenvalue weighted by Gasteiger charge is -2.32. The minimum absolute atomic E-state index is 0.131. The molecule has 1 unspecified atom stereocenters. The molecular weight excluding hydrogens is 298 g/mol. The van der Waals surface area contributed by atoms with E-state index in [4.69, 9.17) is 14.2 Å². The van der Waals surface area contributed by atoms with E-state index in [0.29, 0.717) is 23.7 Å². The summed E-state index contributed by atoms with van der Waals surface area (Å²) in [6, 6.07) is 10.6. The minimum Gasteiger partial charge on any atom is -0.733 e. The van der Waals surface area contributed by atoms with Crippen molar-refractivity contribution in [2.24, 2.45) is 0 Å². The van der Waals surface area contributed by atoms with Crippen LogP contribution in [0.1, 0.15) is 22.8 Å². The highest BCUT2D eigenvalue weighted by Crippen LogP contribution is 2.41. The topological polar surface area (TPSA) is 74.2 Å². The van der Waals surface area contributed by atoms with Gasteiger partial charge in [-0.05, 0) is 35.7 Å². The van der Waals surface area contributed by atoms with Gasteiger partial charge < -0.3 is 24.6 Å². The van der Waals surface area contributed by atoms with E-state index in [1.165, 1.54) is 0 Å². The highest BCUT2D eigenvalue weighted by Gasteiger charge is 2.27. The van der Waals surface area contributed by atoms with Gasteiger partial charge in [0, 0.05) is 5.56 Å². The Hall–Kier alpha value is -2.28. The van der Waals surface area contributed by atoms with Crippen LogP contribution in [-0.4, -0.2) is 26.0 Å². The number of ether oxygens (including phenoxy) is 3. The zero-order valence-corrected chi connectivity index (χ0v) is 13.0. The van der Waals surface area contributed by atoms with E-state index in [0.717, 1.165) is 17.5 Å². The van der Waals surface area contributed by atoms with E-state index >= 15 is 0 Å². The Labute approximate surface area is 134 Å². The van der Waals surface area contributed by atoms with Crippen molar-refractivity contribution in [3.63, 3.8) is 0 Å². The van der Waals surface area contributed by atoms with Gasteiger partial charge in [-0.3, -0.25) is 5.21 Å². The second kappa shape index (κ2) is 6.45. The first-order valence-electron chi connectivity index (χ1n) is 7.27. The van der Waals surface area contributed by atoms with E-state index in [-0.39, 0.29) is 10.9 Å². The van der Waals surface area contributed by atoms with Gasteiger partial charge in [0.05, 0.1) is 26.5 Å². The zero-order valence-electron chi connectivity index (χ0n) is 13.0. The van der Waals surface area contributed by atoms with Crippen LogP contribution in [0.25, 0.3) is 0 Å². The maximum Gasteiger partial charge on any atom is 0.161 e. The molecule has 2 aromatic carbocycles. The molecule has 1 aliphatic heterocycles. The van der Waals surface area contributed by atoms with Gasteiger partial charge in [-0.25, -0.2) is 0 Å². The molecule has 122 valence electrons. The summed E-state index contributed by atoms with van der Waals surface area (Å²) in [4.78, 5) is 0. The molecule has 1 aliphatic rings. The summed E-state index contributed by atoms with van der Waals surface area (Å²) in [6.07, 6.45) is 0.299. The molecule has 0 bridgehead atoms. The summed E-state index contributed by atoms with van der Waals surface area (Å²) in [5.74, 6) is 1.26. The van der Waals surface area contributed by atoms with E-state index in [1.54, 1.807) is 38.5 Å². The van der Waals surface area contributed by atoms with E-state index < -0.39 is 6.10 Å². The molecule has 3 rings (SSSR count). The van der Waals surface area contributed by atoms with Gasteiger partial charge >= 0.3 is 0 Å². The van der Waals surface area contributed by atoms with Crippen LogP contribution in [0.4, 0.5) is 5.69 Å². The molecule has 0 fully saturated rings. The number of hydrogen-bond donors (Lipinski definition) is 1. The summed E-state index contributed by atoms with van der Waals surface area (Å²) < 4.78 is 16.6. The third kappa shape index (κ3) is 2.84. The van der Waals surface area contributed by atoms with E-state index in [1.807, 2.05) is 12.1 Å². The Morgan fingerprint density at radius 2 is 1.83 bits per heavy atom. The lowest BCUT2D eigenvalue weighted by molar-refractivity contribution is 0.0692. The van der Waals surface area contributed by atoms with Crippen LogP contribution in [-0.2, 0) is 11.2 Å². The third-order valence-electron chi connectivity index (χ3n) is 4.01. The number of para-hydroxylation sites is 1. The Morgan fingerprint density at radius 3 is 2.52 bits per heavy atom. The number of fused-ring (bicyclic) bond motifs is 1. The van der Waals surface area contributed by atoms with Crippen LogP contribution >= 0.6 is 0 Å². The maximum absolute atomic E-state index is 11.4. The Morgan fingerprint density at radius 1 is 1.13 bits per heavy atom. The smallest absolute Gasteiger partial charge is 0.161 e. The molecule has 0 saturated heterocycles. The fraction of sp³-hybridized carbons (Fsp3) is 0.294. The Balaban J connectivity index is 2.12. The van der Waals surface area contributed by atoms with Gasteiger partial charge in [0.15, 0.2) is 11.5 Å². The molecule has 0 spiro atoms. The van der Waals surface area contributed by atoms with E-state index in [2.05, 4.69) is 0 Å². The number of methoxy groups -OCH3 is 2. The summed E-state index contributed by atoms with van der Waals surface area (Å²) in [5.41, 5.74) is 2.76. The summed E-state index contributed by atoms with van der Waals surface area (Å²) >= 11 is 0. The normalized spacial score (nSPS) is 16.6. The average Bonchev–Trinajstić information content (AvgIpc) is 2.59. The van der Waals surface area contributed by atoms with Gasteiger partial charge in [0.1, 0.15) is 6.10 Å². The lowest BCUT2D eigenvalue weighted by Crippen LogP contribution is -2.20. The molecule has 0 amide bonds. The van der Waals surface area contributed by atoms with Crippen molar-refractivity contribution in [3.05, 3.63) is 58.3 Å². The summed E-state index contributed by atoms with van der Waals surface area (Å²) in [7, 11) is 3.17. The van der Waals surface area contributed by atoms with Gasteiger partial charge in [-0.2, -0.15) is 0 Å². The van der Waals surface area contributed by atoms with Crippen molar-refractivity contribution >= 4 is 5.69 Å². The standard InChI is InChI=1S/C17H18NO5/c1-21-15-9-11-7-8-23-17(13(11)10-16(15)22-2)12-5-3-4-6-14(12)18(19)20/h3-6,9-10,17,19H,7-8H2,1-2H3/q-1. The first kappa shape index (κ1) is 15.6. The summed E-state index contributed by atoms with van der Waals surface area (Å²) in [5, 5.41) is 20.6. The molecule has 1 heterocycles. The second-order valence-corrected chi connectivity index (χ2v) is 5.24. The highest BCUT2D eigenvalue weighted by molar-refractivity contribution is 5.58. The van der Waals surface area contributed by atoms with Crippen molar-refractivity contribution in [2.75, 3.05) is 26.1 Å². The maximum atomic E-state index is 11.4. The lowest BCUT2D eigenvalue weighted by atomic mass is 9.91. The molecule has 0 saturated carbocycles. The fourth-order valence-electron chi connectivity index (χ4n) is 2.91. The average molecular weight is 316 g/mol. The Bertz CT molecular complexity index is 701. The van der Waals surface area contributed by atoms with Gasteiger partial charge in [0.2, 0.25) is 0 Å². The first-order valence-corrected chi connectivity index (χ1v) is 7.27. The van der Waals surface area contributed by atoms with Crippen LogP contribution < -0.4 is 14.7 Å². The zero-order chi connectivity index (χ0) is 16.4. The van der Waals surface area contributed by atoms with Crippen LogP contribution in [0.3, 0.4) is 0 Å². The van der Waals surface area contributed by atoms with Gasteiger partial charge in [-0.1, -0.05) is 18.2 Å². The van der Waals surface area contributed by atoms with Crippen molar-refractivity contribution < 1.29 is 19.4 Å². The Kier molecular flexibility index (Phi) is 4.38. The van der Waals surface area contributed by atoms with Crippen LogP contribution in [0.5, 0.6) is 11.5 Å². The number of rotatable bonds is 4. The number of benzene rings is 2. The molecule has 6 heteroatoms. The molecule has 6 nitrogen and oxygen atoms in total. The molecule has 2 aromatic rings. The largest absolute Gasteiger partial charge is 0.733 e. The molecule has 23 heavy (non-hydrogen) atoms. The van der Waals surface area contributed by atoms with Crippen molar-refractivity contribution in [3.8, 4) is 11.5 Å². The van der Waals surface area contributed by atoms with Crippen molar-refractivity contribution in [1.29, 1.82) is 0 Å². The van der Waals surface area contributed by atoms with Gasteiger partial charge in [0.25, 0.3) is 0 Å².